The predicted octanol–water partition coefficient (Wildman–Crippen LogP) is 5.11. The number of nitrogens with zero attached hydrogens (tertiary/aromatic N) is 1. The second kappa shape index (κ2) is 10.9. The molecule has 0 spiro atoms. The third-order valence-corrected chi connectivity index (χ3v) is 4.42. The predicted molar refractivity (Wildman–Crippen MR) is 121 cm³/mol. The Morgan fingerprint density at radius 2 is 1.60 bits per heavy atom. The number of hydrazone groups is 1. The van der Waals surface area contributed by atoms with E-state index in [9.17, 15) is 9.59 Å². The monoisotopic (exact) mass is 465 g/mol. The molecular formula is C23H20BrN3O3. The molecular weight excluding hydrogens is 446 g/mol. The molecule has 0 radical (unpaired) electrons. The van der Waals surface area contributed by atoms with Crippen molar-refractivity contribution in [1.82, 2.24) is 5.43 Å². The van der Waals surface area contributed by atoms with Crippen LogP contribution in [0.3, 0.4) is 0 Å². The molecule has 0 unspecified atom stereocenters. The molecule has 152 valence electrons. The Morgan fingerprint density at radius 1 is 0.867 bits per heavy atom. The highest BCUT2D eigenvalue weighted by Crippen LogP contribution is 2.21. The molecule has 0 aliphatic carbocycles. The number of carbonyl (C=O) groups is 2. The van der Waals surface area contributed by atoms with Crippen molar-refractivity contribution in [2.45, 2.75) is 12.8 Å². The molecule has 0 saturated carbocycles. The molecule has 2 N–H and O–H groups in total. The van der Waals surface area contributed by atoms with Crippen LogP contribution in [-0.4, -0.2) is 18.0 Å². The topological polar surface area (TPSA) is 79.8 Å². The number of ether oxygens (including phenoxy) is 1. The van der Waals surface area contributed by atoms with Gasteiger partial charge in [-0.15, -0.1) is 0 Å². The summed E-state index contributed by atoms with van der Waals surface area (Å²) < 4.78 is 6.64. The number of carbonyl (C=O) groups excluding carboxylic acids is 2. The molecule has 0 atom stereocenters. The Hall–Kier alpha value is -3.45. The lowest BCUT2D eigenvalue weighted by Gasteiger charge is -2.06. The van der Waals surface area contributed by atoms with Crippen molar-refractivity contribution in [3.8, 4) is 11.5 Å². The fourth-order valence-corrected chi connectivity index (χ4v) is 2.93. The average molecular weight is 466 g/mol. The van der Waals surface area contributed by atoms with Crippen molar-refractivity contribution in [2.24, 2.45) is 5.10 Å². The summed E-state index contributed by atoms with van der Waals surface area (Å²) in [5.41, 5.74) is 3.88. The molecule has 6 nitrogen and oxygen atoms in total. The summed E-state index contributed by atoms with van der Waals surface area (Å²) in [6.07, 6.45) is 1.62. The van der Waals surface area contributed by atoms with Crippen LogP contribution in [0.4, 0.5) is 5.69 Å². The van der Waals surface area contributed by atoms with Gasteiger partial charge in [0.05, 0.1) is 6.21 Å². The quantitative estimate of drug-likeness (QED) is 0.358. The van der Waals surface area contributed by atoms with Gasteiger partial charge < -0.3 is 10.1 Å². The maximum absolute atomic E-state index is 12.0. The van der Waals surface area contributed by atoms with Crippen LogP contribution >= 0.6 is 15.9 Å². The molecule has 2 amide bonds. The van der Waals surface area contributed by atoms with Gasteiger partial charge in [-0.3, -0.25) is 9.59 Å². The molecule has 0 bridgehead atoms. The molecule has 3 aromatic carbocycles. The van der Waals surface area contributed by atoms with Gasteiger partial charge in [0.2, 0.25) is 11.8 Å². The van der Waals surface area contributed by atoms with Gasteiger partial charge in [0.1, 0.15) is 11.5 Å². The number of halogens is 1. The third-order valence-electron chi connectivity index (χ3n) is 3.93. The van der Waals surface area contributed by atoms with Gasteiger partial charge in [-0.2, -0.15) is 5.10 Å². The van der Waals surface area contributed by atoms with E-state index in [2.05, 4.69) is 31.8 Å². The van der Waals surface area contributed by atoms with Gasteiger partial charge in [-0.25, -0.2) is 5.43 Å². The van der Waals surface area contributed by atoms with Crippen molar-refractivity contribution in [3.05, 3.63) is 88.9 Å². The minimum atomic E-state index is -0.340. The molecule has 0 fully saturated rings. The zero-order valence-corrected chi connectivity index (χ0v) is 17.6. The summed E-state index contributed by atoms with van der Waals surface area (Å²) in [6, 6.07) is 24.1. The minimum absolute atomic E-state index is 0.0360. The van der Waals surface area contributed by atoms with Gasteiger partial charge in [-0.1, -0.05) is 52.3 Å². The highest BCUT2D eigenvalue weighted by atomic mass is 79.9. The number of hydrogen-bond donors (Lipinski definition) is 2. The summed E-state index contributed by atoms with van der Waals surface area (Å²) in [5, 5.41) is 6.69. The van der Waals surface area contributed by atoms with Crippen LogP contribution < -0.4 is 15.5 Å². The Bertz CT molecular complexity index is 1040. The second-order valence-corrected chi connectivity index (χ2v) is 7.25. The molecule has 0 saturated heterocycles. The lowest BCUT2D eigenvalue weighted by molar-refractivity contribution is -0.124. The largest absolute Gasteiger partial charge is 0.457 e. The Kier molecular flexibility index (Phi) is 7.74. The maximum Gasteiger partial charge on any atom is 0.240 e. The first-order valence-electron chi connectivity index (χ1n) is 9.29. The Labute approximate surface area is 183 Å². The number of hydrogen-bond acceptors (Lipinski definition) is 4. The van der Waals surface area contributed by atoms with Crippen molar-refractivity contribution in [2.75, 3.05) is 5.32 Å². The van der Waals surface area contributed by atoms with Crippen molar-refractivity contribution >= 4 is 39.6 Å². The minimum Gasteiger partial charge on any atom is -0.457 e. The van der Waals surface area contributed by atoms with E-state index < -0.39 is 0 Å². The Balaban J connectivity index is 1.44. The van der Waals surface area contributed by atoms with E-state index in [1.807, 2.05) is 66.7 Å². The van der Waals surface area contributed by atoms with E-state index in [-0.39, 0.29) is 24.7 Å². The average Bonchev–Trinajstić information content (AvgIpc) is 2.73. The second-order valence-electron chi connectivity index (χ2n) is 6.34. The van der Waals surface area contributed by atoms with Gasteiger partial charge >= 0.3 is 0 Å². The summed E-state index contributed by atoms with van der Waals surface area (Å²) in [4.78, 5) is 23.9. The smallest absolute Gasteiger partial charge is 0.240 e. The van der Waals surface area contributed by atoms with Gasteiger partial charge in [0.25, 0.3) is 0 Å². The number of anilines is 1. The van der Waals surface area contributed by atoms with E-state index >= 15 is 0 Å². The summed E-state index contributed by atoms with van der Waals surface area (Å²) in [5.74, 6) is 0.826. The van der Waals surface area contributed by atoms with Crippen molar-refractivity contribution in [3.63, 3.8) is 0 Å². The van der Waals surface area contributed by atoms with Crippen LogP contribution in [0, 0.1) is 0 Å². The van der Waals surface area contributed by atoms with Crippen LogP contribution in [0.5, 0.6) is 11.5 Å². The highest BCUT2D eigenvalue weighted by Gasteiger charge is 2.07. The molecule has 7 heteroatoms. The van der Waals surface area contributed by atoms with Crippen molar-refractivity contribution < 1.29 is 14.3 Å². The summed E-state index contributed by atoms with van der Waals surface area (Å²) in [7, 11) is 0. The molecule has 3 aromatic rings. The van der Waals surface area contributed by atoms with E-state index in [0.717, 1.165) is 15.8 Å². The van der Waals surface area contributed by atoms with E-state index in [0.29, 0.717) is 11.4 Å². The van der Waals surface area contributed by atoms with Crippen LogP contribution in [0.25, 0.3) is 0 Å². The van der Waals surface area contributed by atoms with E-state index in [4.69, 9.17) is 4.74 Å². The maximum atomic E-state index is 12.0. The lowest BCUT2D eigenvalue weighted by atomic mass is 10.2. The number of para-hydroxylation sites is 1. The SMILES string of the molecule is O=C(CCC(=O)Nc1cccc(Br)c1)N/N=C/c1cccc(Oc2ccccc2)c1. The first-order valence-corrected chi connectivity index (χ1v) is 10.1. The highest BCUT2D eigenvalue weighted by molar-refractivity contribution is 9.10. The van der Waals surface area contributed by atoms with Crippen molar-refractivity contribution in [1.29, 1.82) is 0 Å². The van der Waals surface area contributed by atoms with Crippen LogP contribution in [0.2, 0.25) is 0 Å². The zero-order valence-electron chi connectivity index (χ0n) is 16.0. The standard InChI is InChI=1S/C23H20BrN3O3/c24-18-7-5-8-19(15-18)26-22(28)12-13-23(29)27-25-16-17-6-4-11-21(14-17)30-20-9-2-1-3-10-20/h1-11,14-16H,12-13H2,(H,26,28)(H,27,29)/b25-16+. The zero-order chi connectivity index (χ0) is 21.2. The molecule has 0 aliphatic rings. The normalized spacial score (nSPS) is 10.6. The van der Waals surface area contributed by atoms with E-state index in [1.54, 1.807) is 12.1 Å². The molecule has 0 heterocycles. The van der Waals surface area contributed by atoms with Gasteiger partial charge in [0, 0.05) is 23.0 Å². The number of rotatable bonds is 8. The fourth-order valence-electron chi connectivity index (χ4n) is 2.53. The van der Waals surface area contributed by atoms with Crippen LogP contribution in [0.15, 0.2) is 88.4 Å². The molecule has 0 aromatic heterocycles. The first-order chi connectivity index (χ1) is 14.6. The molecule has 30 heavy (non-hydrogen) atoms. The summed E-state index contributed by atoms with van der Waals surface area (Å²) >= 11 is 3.34. The fraction of sp³-hybridized carbons (Fsp3) is 0.0870. The van der Waals surface area contributed by atoms with E-state index in [1.165, 1.54) is 6.21 Å². The molecule has 3 rings (SSSR count). The van der Waals surface area contributed by atoms with Crippen LogP contribution in [-0.2, 0) is 9.59 Å². The van der Waals surface area contributed by atoms with Gasteiger partial charge in [-0.05, 0) is 48.0 Å². The van der Waals surface area contributed by atoms with Crippen LogP contribution in [0.1, 0.15) is 18.4 Å². The number of amides is 2. The molecule has 0 aliphatic heterocycles. The summed E-state index contributed by atoms with van der Waals surface area (Å²) in [6.45, 7) is 0. The number of benzene rings is 3. The third kappa shape index (κ3) is 7.18. The lowest BCUT2D eigenvalue weighted by Crippen LogP contribution is -2.20. The number of nitrogens with one attached hydrogen (secondary N) is 2. The Morgan fingerprint density at radius 3 is 2.40 bits per heavy atom. The van der Waals surface area contributed by atoms with Gasteiger partial charge in [0.15, 0.2) is 0 Å². The first kappa shape index (κ1) is 21.3.